The average molecular weight is 432 g/mol. The highest BCUT2D eigenvalue weighted by Crippen LogP contribution is 2.67. The first-order chi connectivity index (χ1) is 14.6. The van der Waals surface area contributed by atoms with Gasteiger partial charge < -0.3 is 4.84 Å². The summed E-state index contributed by atoms with van der Waals surface area (Å²) in [6.07, 6.45) is 15.8. The molecule has 0 unspecified atom stereocenters. The lowest BCUT2D eigenvalue weighted by atomic mass is 9.47. The molecule has 3 fully saturated rings. The van der Waals surface area contributed by atoms with Crippen LogP contribution in [-0.2, 0) is 4.84 Å². The van der Waals surface area contributed by atoms with Crippen LogP contribution in [0, 0.1) is 56.5 Å². The van der Waals surface area contributed by atoms with Crippen molar-refractivity contribution in [1.29, 1.82) is 0 Å². The van der Waals surface area contributed by atoms with E-state index in [-0.39, 0.29) is 11.5 Å². The van der Waals surface area contributed by atoms with E-state index in [0.29, 0.717) is 5.41 Å². The molecule has 0 radical (unpaired) electrons. The minimum absolute atomic E-state index is 0.234. The van der Waals surface area contributed by atoms with Gasteiger partial charge in [0.15, 0.2) is 0 Å². The molecule has 0 aliphatic heterocycles. The van der Waals surface area contributed by atoms with Crippen molar-refractivity contribution in [3.8, 4) is 0 Å². The van der Waals surface area contributed by atoms with Crippen molar-refractivity contribution in [2.75, 3.05) is 0 Å². The molecule has 8 atom stereocenters. The summed E-state index contributed by atoms with van der Waals surface area (Å²) in [6, 6.07) is 0. The largest absolute Gasteiger partial charge is 0.310 e. The summed E-state index contributed by atoms with van der Waals surface area (Å²) in [5.74, 6) is 5.01. The Hall–Kier alpha value is -1.06. The van der Waals surface area contributed by atoms with Crippen LogP contribution in [0.2, 0.25) is 0 Å². The monoisotopic (exact) mass is 431 g/mol. The molecule has 0 aromatic carbocycles. The minimum Gasteiger partial charge on any atom is -0.310 e. The predicted octanol–water partition coefficient (Wildman–Crippen LogP) is 7.60. The Labute approximate surface area is 189 Å². The predicted molar refractivity (Wildman–Crippen MR) is 125 cm³/mol. The second-order valence-corrected chi connectivity index (χ2v) is 12.5. The van der Waals surface area contributed by atoms with Crippen LogP contribution in [0.4, 0.5) is 0 Å². The SMILES string of the molecule is CC(C)CCC[C@H](C)[C@H]1CC[C@H]2[C@@H]3CC=C4C[C@H](O[N+](=O)[O-])CC[C@]4(C)[C@H]3CC[C@]12C. The molecule has 4 rings (SSSR count). The van der Waals surface area contributed by atoms with Gasteiger partial charge in [0.05, 0.1) is 0 Å². The first kappa shape index (κ1) is 23.1. The summed E-state index contributed by atoms with van der Waals surface area (Å²) in [7, 11) is 0. The smallest absolute Gasteiger partial charge is 0.294 e. The first-order valence-corrected chi connectivity index (χ1v) is 13.2. The third-order valence-electron chi connectivity index (χ3n) is 10.5. The topological polar surface area (TPSA) is 52.4 Å². The van der Waals surface area contributed by atoms with Gasteiger partial charge in [-0.25, -0.2) is 0 Å². The van der Waals surface area contributed by atoms with Gasteiger partial charge in [-0.3, -0.25) is 0 Å². The molecule has 4 heteroatoms. The van der Waals surface area contributed by atoms with E-state index < -0.39 is 5.09 Å². The van der Waals surface area contributed by atoms with E-state index >= 15 is 0 Å². The number of allylic oxidation sites excluding steroid dienone is 1. The van der Waals surface area contributed by atoms with Gasteiger partial charge in [-0.1, -0.05) is 65.5 Å². The van der Waals surface area contributed by atoms with E-state index in [2.05, 4.69) is 40.7 Å². The van der Waals surface area contributed by atoms with Crippen LogP contribution in [0.5, 0.6) is 0 Å². The summed E-state index contributed by atoms with van der Waals surface area (Å²) >= 11 is 0. The van der Waals surface area contributed by atoms with Crippen molar-refractivity contribution in [2.24, 2.45) is 46.3 Å². The summed E-state index contributed by atoms with van der Waals surface area (Å²) in [4.78, 5) is 15.8. The average Bonchev–Trinajstić information content (AvgIpc) is 3.05. The van der Waals surface area contributed by atoms with Gasteiger partial charge in [-0.15, -0.1) is 10.1 Å². The fraction of sp³-hybridized carbons (Fsp3) is 0.926. The molecule has 0 amide bonds. The van der Waals surface area contributed by atoms with E-state index in [0.717, 1.165) is 54.8 Å². The highest BCUT2D eigenvalue weighted by atomic mass is 17.0. The normalized spacial score (nSPS) is 42.9. The molecule has 0 heterocycles. The molecule has 4 aliphatic rings. The van der Waals surface area contributed by atoms with Crippen molar-refractivity contribution in [1.82, 2.24) is 0 Å². The van der Waals surface area contributed by atoms with Gasteiger partial charge in [0.2, 0.25) is 0 Å². The van der Waals surface area contributed by atoms with Gasteiger partial charge in [0, 0.05) is 0 Å². The van der Waals surface area contributed by atoms with Gasteiger partial charge in [0.1, 0.15) is 6.10 Å². The van der Waals surface area contributed by atoms with Crippen LogP contribution in [0.3, 0.4) is 0 Å². The fourth-order valence-corrected chi connectivity index (χ4v) is 8.86. The molecular weight excluding hydrogens is 386 g/mol. The van der Waals surface area contributed by atoms with Crippen molar-refractivity contribution in [2.45, 2.75) is 111 Å². The number of rotatable bonds is 7. The van der Waals surface area contributed by atoms with Crippen LogP contribution in [0.1, 0.15) is 105 Å². The van der Waals surface area contributed by atoms with E-state index in [4.69, 9.17) is 4.84 Å². The second kappa shape index (κ2) is 8.71. The standard InChI is InChI=1S/C27H45NO3/c1-18(2)7-6-8-19(3)23-11-12-24-22-10-9-20-17-21(31-28(29)30)13-15-26(20,4)25(22)14-16-27(23,24)5/h9,18-19,21-25H,6-8,10-17H2,1-5H3/t19-,21+,22-,23+,24-,25-,26-,27+/m0/s1. The van der Waals surface area contributed by atoms with Gasteiger partial charge in [-0.2, -0.15) is 0 Å². The lowest BCUT2D eigenvalue weighted by Crippen LogP contribution is -2.51. The highest BCUT2D eigenvalue weighted by molar-refractivity contribution is 5.25. The van der Waals surface area contributed by atoms with Crippen LogP contribution in [0.15, 0.2) is 11.6 Å². The maximum absolute atomic E-state index is 10.8. The Morgan fingerprint density at radius 3 is 2.58 bits per heavy atom. The Bertz CT molecular complexity index is 703. The summed E-state index contributed by atoms with van der Waals surface area (Å²) in [6.45, 7) is 12.4. The number of nitrogens with zero attached hydrogens (tertiary/aromatic N) is 1. The molecule has 31 heavy (non-hydrogen) atoms. The molecular formula is C27H45NO3. The summed E-state index contributed by atoms with van der Waals surface area (Å²) in [5, 5.41) is 10.3. The van der Waals surface area contributed by atoms with Crippen molar-refractivity contribution in [3.63, 3.8) is 0 Å². The molecule has 0 bridgehead atoms. The lowest BCUT2D eigenvalue weighted by Gasteiger charge is -2.58. The van der Waals surface area contributed by atoms with Crippen LogP contribution < -0.4 is 0 Å². The molecule has 176 valence electrons. The third kappa shape index (κ3) is 4.17. The van der Waals surface area contributed by atoms with E-state index in [1.165, 1.54) is 56.9 Å². The van der Waals surface area contributed by atoms with Crippen molar-refractivity contribution >= 4 is 0 Å². The molecule has 0 aromatic rings. The minimum atomic E-state index is -0.591. The molecule has 3 saturated carbocycles. The maximum Gasteiger partial charge on any atom is 0.294 e. The third-order valence-corrected chi connectivity index (χ3v) is 10.5. The van der Waals surface area contributed by atoms with Crippen LogP contribution >= 0.6 is 0 Å². The first-order valence-electron chi connectivity index (χ1n) is 13.2. The van der Waals surface area contributed by atoms with Crippen molar-refractivity contribution < 1.29 is 9.92 Å². The Morgan fingerprint density at radius 1 is 1.10 bits per heavy atom. The van der Waals surface area contributed by atoms with Gasteiger partial charge in [-0.05, 0) is 97.7 Å². The van der Waals surface area contributed by atoms with E-state index in [1.54, 1.807) is 0 Å². The summed E-state index contributed by atoms with van der Waals surface area (Å²) in [5.41, 5.74) is 2.22. The second-order valence-electron chi connectivity index (χ2n) is 12.5. The number of hydrogen-bond acceptors (Lipinski definition) is 3. The molecule has 0 aromatic heterocycles. The van der Waals surface area contributed by atoms with Gasteiger partial charge >= 0.3 is 0 Å². The molecule has 4 aliphatic carbocycles. The Balaban J connectivity index is 1.47. The van der Waals surface area contributed by atoms with Crippen LogP contribution in [-0.4, -0.2) is 11.2 Å². The number of fused-ring (bicyclic) bond motifs is 5. The fourth-order valence-electron chi connectivity index (χ4n) is 8.86. The maximum atomic E-state index is 10.8. The quantitative estimate of drug-likeness (QED) is 0.237. The Morgan fingerprint density at radius 2 is 1.87 bits per heavy atom. The Kier molecular flexibility index (Phi) is 6.49. The highest BCUT2D eigenvalue weighted by Gasteiger charge is 2.59. The molecule has 0 N–H and O–H groups in total. The molecule has 4 nitrogen and oxygen atoms in total. The molecule has 0 saturated heterocycles. The molecule has 0 spiro atoms. The number of hydrogen-bond donors (Lipinski definition) is 0. The van der Waals surface area contributed by atoms with Crippen molar-refractivity contribution in [3.05, 3.63) is 21.8 Å². The van der Waals surface area contributed by atoms with Gasteiger partial charge in [0.25, 0.3) is 5.09 Å². The lowest BCUT2D eigenvalue weighted by molar-refractivity contribution is -0.769. The van der Waals surface area contributed by atoms with E-state index in [1.807, 2.05) is 0 Å². The van der Waals surface area contributed by atoms with E-state index in [9.17, 15) is 10.1 Å². The zero-order valence-electron chi connectivity index (χ0n) is 20.6. The van der Waals surface area contributed by atoms with Crippen LogP contribution in [0.25, 0.3) is 0 Å². The summed E-state index contributed by atoms with van der Waals surface area (Å²) < 4.78 is 0. The zero-order valence-corrected chi connectivity index (χ0v) is 20.6. The zero-order chi connectivity index (χ0) is 22.4.